The third kappa shape index (κ3) is 4.29. The Morgan fingerprint density at radius 3 is 1.85 bits per heavy atom. The summed E-state index contributed by atoms with van der Waals surface area (Å²) in [6, 6.07) is 35.0. The molecule has 0 fully saturated rings. The van der Waals surface area contributed by atoms with Crippen molar-refractivity contribution in [2.45, 2.75) is 17.2 Å². The molecule has 4 aromatic carbocycles. The van der Waals surface area contributed by atoms with Gasteiger partial charge in [0.25, 0.3) is 0 Å². The summed E-state index contributed by atoms with van der Waals surface area (Å²) in [4.78, 5) is 13.9. The normalized spacial score (nSPS) is 11.0. The van der Waals surface area contributed by atoms with Crippen LogP contribution >= 0.6 is 11.8 Å². The van der Waals surface area contributed by atoms with Crippen LogP contribution < -0.4 is 0 Å². The maximum atomic E-state index is 12.9. The van der Waals surface area contributed by atoms with Gasteiger partial charge >= 0.3 is 0 Å². The number of hydrogen-bond donors (Lipinski definition) is 0. The molecule has 1 nitrogen and oxygen atoms in total. The number of fused-ring (bicyclic) bond motifs is 1. The number of benzene rings is 4. The fourth-order valence-electron chi connectivity index (χ4n) is 3.37. The quantitative estimate of drug-likeness (QED) is 0.365. The Morgan fingerprint density at radius 2 is 1.22 bits per heavy atom. The minimum Gasteiger partial charge on any atom is -0.287 e. The lowest BCUT2D eigenvalue weighted by Crippen LogP contribution is -2.06. The Morgan fingerprint density at radius 1 is 0.667 bits per heavy atom. The zero-order chi connectivity index (χ0) is 18.5. The maximum Gasteiger partial charge on any atom is 0.194 e. The van der Waals surface area contributed by atoms with E-state index in [1.165, 1.54) is 28.3 Å². The highest BCUT2D eigenvalue weighted by molar-refractivity contribution is 8.13. The molecule has 0 aliphatic carbocycles. The van der Waals surface area contributed by atoms with Crippen molar-refractivity contribution in [3.05, 3.63) is 114 Å². The lowest BCUT2D eigenvalue weighted by molar-refractivity contribution is -0.111. The standard InChI is InChI=1S/C25H20OS/c26-25(27-23-16-15-19-9-7-8-14-22(19)17-23)18-24(20-10-3-1-4-11-20)21-12-5-2-6-13-21/h1-17,24H,18H2. The summed E-state index contributed by atoms with van der Waals surface area (Å²) in [5, 5.41) is 2.54. The third-order valence-corrected chi connectivity index (χ3v) is 5.61. The SMILES string of the molecule is O=C(CC(c1ccccc1)c1ccccc1)Sc1ccc2ccccc2c1. The average molecular weight is 369 g/mol. The summed E-state index contributed by atoms with van der Waals surface area (Å²) in [6.07, 6.45) is 0.478. The van der Waals surface area contributed by atoms with Crippen LogP contribution in [0.4, 0.5) is 0 Å². The van der Waals surface area contributed by atoms with Gasteiger partial charge in [0.1, 0.15) is 0 Å². The molecule has 0 spiro atoms. The molecule has 0 amide bonds. The zero-order valence-corrected chi connectivity index (χ0v) is 15.7. The van der Waals surface area contributed by atoms with E-state index in [2.05, 4.69) is 48.5 Å². The van der Waals surface area contributed by atoms with Gasteiger partial charge in [0.2, 0.25) is 0 Å². The topological polar surface area (TPSA) is 17.1 Å². The van der Waals surface area contributed by atoms with E-state index in [4.69, 9.17) is 0 Å². The molecule has 27 heavy (non-hydrogen) atoms. The molecule has 0 aliphatic heterocycles. The molecule has 4 rings (SSSR count). The Balaban J connectivity index is 1.56. The van der Waals surface area contributed by atoms with Gasteiger partial charge in [-0.3, -0.25) is 4.79 Å². The maximum absolute atomic E-state index is 12.9. The Hall–Kier alpha value is -2.84. The van der Waals surface area contributed by atoms with Crippen molar-refractivity contribution in [2.75, 3.05) is 0 Å². The number of hydrogen-bond acceptors (Lipinski definition) is 2. The van der Waals surface area contributed by atoms with Gasteiger partial charge in [0.15, 0.2) is 5.12 Å². The first-order valence-electron chi connectivity index (χ1n) is 9.09. The second kappa shape index (κ2) is 8.24. The van der Waals surface area contributed by atoms with Gasteiger partial charge in [-0.25, -0.2) is 0 Å². The van der Waals surface area contributed by atoms with Gasteiger partial charge in [0, 0.05) is 17.2 Å². The summed E-state index contributed by atoms with van der Waals surface area (Å²) in [5.41, 5.74) is 2.35. The van der Waals surface area contributed by atoms with Crippen LogP contribution in [0.15, 0.2) is 108 Å². The van der Waals surface area contributed by atoms with Crippen LogP contribution in [0.2, 0.25) is 0 Å². The van der Waals surface area contributed by atoms with Crippen molar-refractivity contribution >= 4 is 27.6 Å². The molecule has 132 valence electrons. The summed E-state index contributed by atoms with van der Waals surface area (Å²) in [5.74, 6) is 0.0767. The highest BCUT2D eigenvalue weighted by atomic mass is 32.2. The molecule has 2 heteroatoms. The Kier molecular flexibility index (Phi) is 5.36. The van der Waals surface area contributed by atoms with E-state index in [1.54, 1.807) is 0 Å². The number of carbonyl (C=O) groups is 1. The van der Waals surface area contributed by atoms with Crippen molar-refractivity contribution in [3.63, 3.8) is 0 Å². The number of thioether (sulfide) groups is 1. The first kappa shape index (κ1) is 17.6. The number of rotatable bonds is 5. The molecule has 4 aromatic rings. The lowest BCUT2D eigenvalue weighted by Gasteiger charge is -2.17. The average Bonchev–Trinajstić information content (AvgIpc) is 2.73. The van der Waals surface area contributed by atoms with Crippen LogP contribution in [0.3, 0.4) is 0 Å². The highest BCUT2D eigenvalue weighted by Gasteiger charge is 2.18. The van der Waals surface area contributed by atoms with Crippen LogP contribution in [0, 0.1) is 0 Å². The predicted molar refractivity (Wildman–Crippen MR) is 114 cm³/mol. The molecule has 0 unspecified atom stereocenters. The monoisotopic (exact) mass is 368 g/mol. The highest BCUT2D eigenvalue weighted by Crippen LogP contribution is 2.32. The second-order valence-electron chi connectivity index (χ2n) is 6.56. The van der Waals surface area contributed by atoms with Crippen molar-refractivity contribution in [2.24, 2.45) is 0 Å². The van der Waals surface area contributed by atoms with Crippen LogP contribution in [0.25, 0.3) is 10.8 Å². The number of carbonyl (C=O) groups excluding carboxylic acids is 1. The van der Waals surface area contributed by atoms with E-state index >= 15 is 0 Å². The molecule has 0 heterocycles. The summed E-state index contributed by atoms with van der Waals surface area (Å²) in [6.45, 7) is 0. The molecule has 0 aliphatic rings. The molecule has 0 atom stereocenters. The van der Waals surface area contributed by atoms with Gasteiger partial charge < -0.3 is 0 Å². The molecule has 0 saturated carbocycles. The van der Waals surface area contributed by atoms with Crippen molar-refractivity contribution in [3.8, 4) is 0 Å². The summed E-state index contributed by atoms with van der Waals surface area (Å²) >= 11 is 1.34. The smallest absolute Gasteiger partial charge is 0.194 e. The Bertz CT molecular complexity index is 1000. The van der Waals surface area contributed by atoms with Gasteiger partial charge in [-0.1, -0.05) is 103 Å². The zero-order valence-electron chi connectivity index (χ0n) is 14.9. The molecule has 0 bridgehead atoms. The van der Waals surface area contributed by atoms with Crippen molar-refractivity contribution in [1.82, 2.24) is 0 Å². The largest absolute Gasteiger partial charge is 0.287 e. The minimum atomic E-state index is 0.0767. The molecular formula is C25H20OS. The van der Waals surface area contributed by atoms with Gasteiger partial charge in [-0.2, -0.15) is 0 Å². The van der Waals surface area contributed by atoms with Gasteiger partial charge in [-0.15, -0.1) is 0 Å². The van der Waals surface area contributed by atoms with Crippen LogP contribution in [-0.2, 0) is 4.79 Å². The Labute approximate surface area is 164 Å². The van der Waals surface area contributed by atoms with E-state index in [-0.39, 0.29) is 11.0 Å². The summed E-state index contributed by atoms with van der Waals surface area (Å²) in [7, 11) is 0. The lowest BCUT2D eigenvalue weighted by atomic mass is 9.89. The minimum absolute atomic E-state index is 0.0767. The van der Waals surface area contributed by atoms with Gasteiger partial charge in [-0.05, 0) is 34.0 Å². The first-order valence-corrected chi connectivity index (χ1v) is 9.90. The van der Waals surface area contributed by atoms with Crippen molar-refractivity contribution < 1.29 is 4.79 Å². The van der Waals surface area contributed by atoms with E-state index in [1.807, 2.05) is 54.6 Å². The van der Waals surface area contributed by atoms with E-state index < -0.39 is 0 Å². The van der Waals surface area contributed by atoms with Gasteiger partial charge in [0.05, 0.1) is 0 Å². The molecule has 0 saturated heterocycles. The van der Waals surface area contributed by atoms with Crippen LogP contribution in [-0.4, -0.2) is 5.12 Å². The molecular weight excluding hydrogens is 348 g/mol. The van der Waals surface area contributed by atoms with Crippen LogP contribution in [0.5, 0.6) is 0 Å². The molecule has 0 radical (unpaired) electrons. The predicted octanol–water partition coefficient (Wildman–Crippen LogP) is 6.68. The van der Waals surface area contributed by atoms with E-state index in [0.29, 0.717) is 6.42 Å². The first-order chi connectivity index (χ1) is 13.3. The second-order valence-corrected chi connectivity index (χ2v) is 7.69. The van der Waals surface area contributed by atoms with E-state index in [9.17, 15) is 4.79 Å². The fourth-order valence-corrected chi connectivity index (χ4v) is 4.20. The van der Waals surface area contributed by atoms with E-state index in [0.717, 1.165) is 10.3 Å². The molecule has 0 N–H and O–H groups in total. The van der Waals surface area contributed by atoms with Crippen LogP contribution in [0.1, 0.15) is 23.5 Å². The third-order valence-electron chi connectivity index (χ3n) is 4.73. The summed E-state index contributed by atoms with van der Waals surface area (Å²) < 4.78 is 0. The molecule has 0 aromatic heterocycles. The van der Waals surface area contributed by atoms with Crippen molar-refractivity contribution in [1.29, 1.82) is 0 Å². The fraction of sp³-hybridized carbons (Fsp3) is 0.0800.